The van der Waals surface area contributed by atoms with Gasteiger partial charge in [0.25, 0.3) is 0 Å². The highest BCUT2D eigenvalue weighted by atomic mass is 127. The van der Waals surface area contributed by atoms with Crippen LogP contribution in [0.15, 0.2) is 6.07 Å². The van der Waals surface area contributed by atoms with Crippen LogP contribution in [0.2, 0.25) is 10.2 Å². The first-order valence-electron chi connectivity index (χ1n) is 3.71. The quantitative estimate of drug-likeness (QED) is 0.440. The van der Waals surface area contributed by atoms with Gasteiger partial charge in [0.1, 0.15) is 16.5 Å². The van der Waals surface area contributed by atoms with E-state index in [-0.39, 0.29) is 0 Å². The summed E-state index contributed by atoms with van der Waals surface area (Å²) in [5.41, 5.74) is 1.48. The van der Waals surface area contributed by atoms with Crippen molar-refractivity contribution in [1.29, 1.82) is 0 Å². The smallest absolute Gasteiger partial charge is 0.167 e. The second-order valence-electron chi connectivity index (χ2n) is 2.68. The molecule has 0 saturated carbocycles. The lowest BCUT2D eigenvalue weighted by Gasteiger charge is -1.99. The highest BCUT2D eigenvalue weighted by molar-refractivity contribution is 14.2. The molecule has 0 saturated heterocycles. The lowest BCUT2D eigenvalue weighted by molar-refractivity contribution is 1.10. The van der Waals surface area contributed by atoms with Crippen LogP contribution < -0.4 is 0 Å². The Hall–Kier alpha value is 0.360. The third-order valence-corrected chi connectivity index (χ3v) is 4.42. The molecule has 14 heavy (non-hydrogen) atoms. The Kier molecular flexibility index (Phi) is 3.17. The van der Waals surface area contributed by atoms with Gasteiger partial charge in [-0.25, -0.2) is 9.97 Å². The Labute approximate surface area is 106 Å². The molecule has 0 aliphatic rings. The molecule has 2 rings (SSSR count). The SMILES string of the molecule is Cc1nc2c(Cl)cc(Cl)nc2n1PI. The molecule has 0 N–H and O–H groups in total. The van der Waals surface area contributed by atoms with Gasteiger partial charge in [-0.05, 0) is 35.0 Å². The largest absolute Gasteiger partial charge is 0.284 e. The maximum Gasteiger partial charge on any atom is 0.167 e. The Bertz CT molecular complexity index is 499. The number of rotatable bonds is 1. The summed E-state index contributed by atoms with van der Waals surface area (Å²) in [5.74, 6) is 0.907. The molecule has 0 radical (unpaired) electrons. The van der Waals surface area contributed by atoms with Crippen molar-refractivity contribution in [2.45, 2.75) is 6.92 Å². The summed E-state index contributed by atoms with van der Waals surface area (Å²) in [7, 11) is 0. The molecule has 1 atom stereocenters. The van der Waals surface area contributed by atoms with E-state index in [0.717, 1.165) is 17.0 Å². The Morgan fingerprint density at radius 3 is 2.79 bits per heavy atom. The first kappa shape index (κ1) is 10.9. The number of imidazole rings is 1. The summed E-state index contributed by atoms with van der Waals surface area (Å²) in [6.45, 7) is 1.93. The summed E-state index contributed by atoms with van der Waals surface area (Å²) >= 11 is 14.1. The van der Waals surface area contributed by atoms with Crippen molar-refractivity contribution in [3.8, 4) is 0 Å². The topological polar surface area (TPSA) is 30.7 Å². The average Bonchev–Trinajstić information content (AvgIpc) is 2.41. The fourth-order valence-corrected chi connectivity index (χ4v) is 3.81. The molecular weight excluding hydrogens is 355 g/mol. The monoisotopic (exact) mass is 359 g/mol. The van der Waals surface area contributed by atoms with Crippen molar-refractivity contribution in [3.63, 3.8) is 0 Å². The molecule has 2 aromatic rings. The molecule has 0 fully saturated rings. The maximum absolute atomic E-state index is 6.00. The first-order valence-corrected chi connectivity index (χ1v) is 8.53. The molecule has 0 amide bonds. The summed E-state index contributed by atoms with van der Waals surface area (Å²) in [6, 6.07) is 1.61. The maximum atomic E-state index is 6.00. The minimum absolute atomic E-state index is 0.401. The van der Waals surface area contributed by atoms with E-state index >= 15 is 0 Å². The van der Waals surface area contributed by atoms with Gasteiger partial charge in [0, 0.05) is 0 Å². The molecule has 1 unspecified atom stereocenters. The second kappa shape index (κ2) is 4.08. The summed E-state index contributed by atoms with van der Waals surface area (Å²) < 4.78 is 1.99. The molecule has 0 bridgehead atoms. The van der Waals surface area contributed by atoms with Crippen LogP contribution in [0.1, 0.15) is 5.82 Å². The molecule has 0 aromatic carbocycles. The number of pyridine rings is 1. The van der Waals surface area contributed by atoms with Gasteiger partial charge in [-0.2, -0.15) is 0 Å². The third-order valence-electron chi connectivity index (χ3n) is 1.79. The van der Waals surface area contributed by atoms with Crippen molar-refractivity contribution >= 4 is 62.8 Å². The van der Waals surface area contributed by atoms with Gasteiger partial charge in [0.15, 0.2) is 5.65 Å². The molecule has 3 nitrogen and oxygen atoms in total. The molecule has 0 aliphatic heterocycles. The minimum atomic E-state index is 0.401. The zero-order chi connectivity index (χ0) is 10.3. The van der Waals surface area contributed by atoms with E-state index in [2.05, 4.69) is 32.0 Å². The average molecular weight is 360 g/mol. The van der Waals surface area contributed by atoms with Crippen molar-refractivity contribution in [1.82, 2.24) is 14.3 Å². The van der Waals surface area contributed by atoms with Crippen LogP contribution in [-0.2, 0) is 0 Å². The van der Waals surface area contributed by atoms with Gasteiger partial charge in [-0.1, -0.05) is 23.2 Å². The van der Waals surface area contributed by atoms with Crippen molar-refractivity contribution < 1.29 is 0 Å². The van der Waals surface area contributed by atoms with E-state index < -0.39 is 0 Å². The van der Waals surface area contributed by atoms with E-state index in [0.29, 0.717) is 16.5 Å². The Balaban J connectivity index is 2.87. The fraction of sp³-hybridized carbons (Fsp3) is 0.143. The zero-order valence-electron chi connectivity index (χ0n) is 7.05. The van der Waals surface area contributed by atoms with Gasteiger partial charge in [0.05, 0.1) is 11.4 Å². The highest BCUT2D eigenvalue weighted by Gasteiger charge is 2.11. The van der Waals surface area contributed by atoms with E-state index in [1.54, 1.807) is 6.07 Å². The summed E-state index contributed by atoms with van der Waals surface area (Å²) in [6.07, 6.45) is 0.544. The number of hydrogen-bond donors (Lipinski definition) is 0. The lowest BCUT2D eigenvalue weighted by Crippen LogP contribution is -1.87. The fourth-order valence-electron chi connectivity index (χ4n) is 1.19. The van der Waals surface area contributed by atoms with Gasteiger partial charge >= 0.3 is 0 Å². The summed E-state index contributed by atoms with van der Waals surface area (Å²) in [4.78, 5) is 8.55. The molecule has 2 aromatic heterocycles. The van der Waals surface area contributed by atoms with Gasteiger partial charge in [-0.15, -0.1) is 0 Å². The first-order chi connectivity index (χ1) is 6.63. The Morgan fingerprint density at radius 2 is 2.14 bits per heavy atom. The number of hydrogen-bond acceptors (Lipinski definition) is 2. The molecular formula is C7H5Cl2IN3P. The highest BCUT2D eigenvalue weighted by Crippen LogP contribution is 2.33. The van der Waals surface area contributed by atoms with Crippen LogP contribution >= 0.6 is 51.6 Å². The second-order valence-corrected chi connectivity index (χ2v) is 5.54. The number of nitrogens with zero attached hydrogens (tertiary/aromatic N) is 3. The number of halogens is 3. The molecule has 2 heterocycles. The van der Waals surface area contributed by atoms with Crippen LogP contribution in [0.4, 0.5) is 0 Å². The minimum Gasteiger partial charge on any atom is -0.284 e. The zero-order valence-corrected chi connectivity index (χ0v) is 11.7. The van der Waals surface area contributed by atoms with Crippen LogP contribution in [-0.4, -0.2) is 14.3 Å². The number of aromatic nitrogens is 3. The predicted octanol–water partition coefficient (Wildman–Crippen LogP) is 3.84. The van der Waals surface area contributed by atoms with Crippen LogP contribution in [0, 0.1) is 6.92 Å². The Morgan fingerprint density at radius 1 is 1.43 bits per heavy atom. The lowest BCUT2D eigenvalue weighted by atomic mass is 10.4. The van der Waals surface area contributed by atoms with Crippen molar-refractivity contribution in [2.24, 2.45) is 0 Å². The van der Waals surface area contributed by atoms with Crippen molar-refractivity contribution in [3.05, 3.63) is 22.1 Å². The molecule has 7 heteroatoms. The van der Waals surface area contributed by atoms with E-state index in [4.69, 9.17) is 23.2 Å². The van der Waals surface area contributed by atoms with Gasteiger partial charge < -0.3 is 0 Å². The van der Waals surface area contributed by atoms with E-state index in [9.17, 15) is 0 Å². The normalized spacial score (nSPS) is 12.0. The number of fused-ring (bicyclic) bond motifs is 1. The van der Waals surface area contributed by atoms with Gasteiger partial charge in [-0.3, -0.25) is 4.34 Å². The predicted molar refractivity (Wildman–Crippen MR) is 70.0 cm³/mol. The third kappa shape index (κ3) is 1.73. The van der Waals surface area contributed by atoms with Gasteiger partial charge in [0.2, 0.25) is 0 Å². The molecule has 0 spiro atoms. The van der Waals surface area contributed by atoms with Crippen LogP contribution in [0.5, 0.6) is 0 Å². The van der Waals surface area contributed by atoms with Crippen LogP contribution in [0.25, 0.3) is 11.2 Å². The van der Waals surface area contributed by atoms with E-state index in [1.807, 2.05) is 11.3 Å². The number of aryl methyl sites for hydroxylation is 1. The molecule has 0 aliphatic carbocycles. The summed E-state index contributed by atoms with van der Waals surface area (Å²) in [5, 5.41) is 0.954. The van der Waals surface area contributed by atoms with Crippen LogP contribution in [0.3, 0.4) is 0 Å². The molecule has 74 valence electrons. The van der Waals surface area contributed by atoms with Crippen molar-refractivity contribution in [2.75, 3.05) is 0 Å². The standard InChI is InChI=1S/C7H5Cl2IN3P/c1-3-11-6-4(8)2-5(9)12-7(6)13(3)14-10/h2,14H,1H3. The van der Waals surface area contributed by atoms with E-state index in [1.165, 1.54) is 0 Å².